The molecule has 1 aromatic carbocycles. The minimum Gasteiger partial charge on any atom is -0.461 e. The number of para-hydroxylation sites is 1. The zero-order chi connectivity index (χ0) is 10.5. The molecule has 0 saturated heterocycles. The molecule has 1 heteroatoms. The summed E-state index contributed by atoms with van der Waals surface area (Å²) >= 11 is 0. The topological polar surface area (TPSA) is 13.1 Å². The summed E-state index contributed by atoms with van der Waals surface area (Å²) in [6, 6.07) is 8.39. The van der Waals surface area contributed by atoms with E-state index in [2.05, 4.69) is 32.0 Å². The third kappa shape index (κ3) is 1.38. The predicted molar refractivity (Wildman–Crippen MR) is 62.0 cm³/mol. The van der Waals surface area contributed by atoms with Gasteiger partial charge in [-0.3, -0.25) is 0 Å². The first kappa shape index (κ1) is 9.02. The quantitative estimate of drug-likeness (QED) is 0.627. The Hall–Kier alpha value is -1.24. The fourth-order valence-electron chi connectivity index (χ4n) is 2.55. The monoisotopic (exact) mass is 200 g/mol. The van der Waals surface area contributed by atoms with E-state index in [4.69, 9.17) is 4.42 Å². The third-order valence-electron chi connectivity index (χ3n) is 3.47. The lowest BCUT2D eigenvalue weighted by Crippen LogP contribution is -2.20. The number of furan rings is 1. The highest BCUT2D eigenvalue weighted by Crippen LogP contribution is 2.39. The van der Waals surface area contributed by atoms with Crippen LogP contribution in [0.5, 0.6) is 0 Å². The largest absolute Gasteiger partial charge is 0.461 e. The second-order valence-corrected chi connectivity index (χ2v) is 5.34. The number of benzene rings is 1. The summed E-state index contributed by atoms with van der Waals surface area (Å²) in [6.07, 6.45) is 3.51. The predicted octanol–water partition coefficient (Wildman–Crippen LogP) is 3.95. The molecule has 0 unspecified atom stereocenters. The van der Waals surface area contributed by atoms with E-state index in [9.17, 15) is 0 Å². The number of hydrogen-bond donors (Lipinski definition) is 0. The lowest BCUT2D eigenvalue weighted by atomic mass is 9.77. The van der Waals surface area contributed by atoms with Gasteiger partial charge >= 0.3 is 0 Å². The van der Waals surface area contributed by atoms with Crippen molar-refractivity contribution in [3.63, 3.8) is 0 Å². The van der Waals surface area contributed by atoms with Crippen LogP contribution in [0.15, 0.2) is 28.7 Å². The van der Waals surface area contributed by atoms with Gasteiger partial charge in [0.25, 0.3) is 0 Å². The van der Waals surface area contributed by atoms with Gasteiger partial charge in [-0.2, -0.15) is 0 Å². The maximum atomic E-state index is 5.93. The van der Waals surface area contributed by atoms with Crippen LogP contribution in [0.4, 0.5) is 0 Å². The van der Waals surface area contributed by atoms with Crippen molar-refractivity contribution in [3.05, 3.63) is 35.6 Å². The van der Waals surface area contributed by atoms with E-state index in [-0.39, 0.29) is 0 Å². The van der Waals surface area contributed by atoms with Gasteiger partial charge < -0.3 is 4.42 Å². The second kappa shape index (κ2) is 2.88. The Labute approximate surface area is 90.1 Å². The van der Waals surface area contributed by atoms with Crippen LogP contribution in [0.3, 0.4) is 0 Å². The van der Waals surface area contributed by atoms with E-state index in [1.54, 1.807) is 0 Å². The molecular formula is C14H16O. The van der Waals surface area contributed by atoms with Gasteiger partial charge in [0.05, 0.1) is 0 Å². The smallest absolute Gasteiger partial charge is 0.134 e. The fourth-order valence-corrected chi connectivity index (χ4v) is 2.55. The molecule has 0 fully saturated rings. The average Bonchev–Trinajstić information content (AvgIpc) is 2.52. The molecule has 0 aliphatic heterocycles. The molecule has 1 aliphatic rings. The Morgan fingerprint density at radius 3 is 2.87 bits per heavy atom. The molecule has 1 nitrogen and oxygen atoms in total. The molecule has 15 heavy (non-hydrogen) atoms. The first-order chi connectivity index (χ1) is 7.16. The van der Waals surface area contributed by atoms with Crippen molar-refractivity contribution in [2.45, 2.75) is 33.1 Å². The summed E-state index contributed by atoms with van der Waals surface area (Å²) in [5.41, 5.74) is 2.91. The molecule has 0 radical (unpaired) electrons. The van der Waals surface area contributed by atoms with E-state index in [0.29, 0.717) is 5.41 Å². The van der Waals surface area contributed by atoms with Crippen LogP contribution in [0, 0.1) is 5.41 Å². The molecule has 3 rings (SSSR count). The molecule has 1 aromatic heterocycles. The zero-order valence-electron chi connectivity index (χ0n) is 9.34. The number of hydrogen-bond acceptors (Lipinski definition) is 1. The lowest BCUT2D eigenvalue weighted by molar-refractivity contribution is 0.287. The van der Waals surface area contributed by atoms with Crippen LogP contribution < -0.4 is 0 Å². The average molecular weight is 200 g/mol. The minimum atomic E-state index is 0.404. The Kier molecular flexibility index (Phi) is 1.73. The highest BCUT2D eigenvalue weighted by molar-refractivity contribution is 5.82. The molecule has 2 aromatic rings. The molecular weight excluding hydrogens is 184 g/mol. The second-order valence-electron chi connectivity index (χ2n) is 5.34. The minimum absolute atomic E-state index is 0.404. The molecule has 0 bridgehead atoms. The van der Waals surface area contributed by atoms with Crippen molar-refractivity contribution in [3.8, 4) is 0 Å². The van der Waals surface area contributed by atoms with E-state index in [0.717, 1.165) is 12.0 Å². The summed E-state index contributed by atoms with van der Waals surface area (Å²) < 4.78 is 5.93. The maximum Gasteiger partial charge on any atom is 0.134 e. The number of fused-ring (bicyclic) bond motifs is 3. The van der Waals surface area contributed by atoms with E-state index < -0.39 is 0 Å². The number of aryl methyl sites for hydroxylation is 1. The highest BCUT2D eigenvalue weighted by atomic mass is 16.3. The van der Waals surface area contributed by atoms with Crippen molar-refractivity contribution in [1.29, 1.82) is 0 Å². The van der Waals surface area contributed by atoms with Crippen LogP contribution in [0.25, 0.3) is 11.0 Å². The Balaban J connectivity index is 2.20. The summed E-state index contributed by atoms with van der Waals surface area (Å²) in [5.74, 6) is 1.22. The van der Waals surface area contributed by atoms with Gasteiger partial charge in [-0.15, -0.1) is 0 Å². The van der Waals surface area contributed by atoms with E-state index in [1.807, 2.05) is 6.07 Å². The van der Waals surface area contributed by atoms with Gasteiger partial charge in [0.15, 0.2) is 0 Å². The van der Waals surface area contributed by atoms with Gasteiger partial charge in [-0.1, -0.05) is 32.0 Å². The van der Waals surface area contributed by atoms with Gasteiger partial charge in [-0.05, 0) is 24.3 Å². The van der Waals surface area contributed by atoms with Crippen LogP contribution in [-0.2, 0) is 12.8 Å². The Morgan fingerprint density at radius 2 is 2.00 bits per heavy atom. The zero-order valence-corrected chi connectivity index (χ0v) is 9.34. The SMILES string of the molecule is CC1(C)CCc2c(oc3ccccc23)C1. The van der Waals surface area contributed by atoms with E-state index in [1.165, 1.54) is 29.6 Å². The molecule has 0 amide bonds. The van der Waals surface area contributed by atoms with Gasteiger partial charge in [0.2, 0.25) is 0 Å². The lowest BCUT2D eigenvalue weighted by Gasteiger charge is -2.28. The Morgan fingerprint density at radius 1 is 1.20 bits per heavy atom. The molecule has 1 heterocycles. The van der Waals surface area contributed by atoms with Crippen LogP contribution in [0.1, 0.15) is 31.6 Å². The van der Waals surface area contributed by atoms with Crippen molar-refractivity contribution < 1.29 is 4.42 Å². The summed E-state index contributed by atoms with van der Waals surface area (Å²) in [6.45, 7) is 4.65. The highest BCUT2D eigenvalue weighted by Gasteiger charge is 2.29. The molecule has 0 saturated carbocycles. The van der Waals surface area contributed by atoms with Crippen molar-refractivity contribution in [1.82, 2.24) is 0 Å². The van der Waals surface area contributed by atoms with Crippen molar-refractivity contribution in [2.24, 2.45) is 5.41 Å². The first-order valence-corrected chi connectivity index (χ1v) is 5.65. The third-order valence-corrected chi connectivity index (χ3v) is 3.47. The normalized spacial score (nSPS) is 19.1. The van der Waals surface area contributed by atoms with Crippen LogP contribution >= 0.6 is 0 Å². The standard InChI is InChI=1S/C14H16O/c1-14(2)8-7-11-10-5-3-4-6-12(10)15-13(11)9-14/h3-6H,7-9H2,1-2H3. The summed E-state index contributed by atoms with van der Waals surface area (Å²) in [5, 5.41) is 1.32. The van der Waals surface area contributed by atoms with E-state index >= 15 is 0 Å². The number of rotatable bonds is 0. The summed E-state index contributed by atoms with van der Waals surface area (Å²) in [4.78, 5) is 0. The summed E-state index contributed by atoms with van der Waals surface area (Å²) in [7, 11) is 0. The maximum absolute atomic E-state index is 5.93. The molecule has 0 atom stereocenters. The fraction of sp³-hybridized carbons (Fsp3) is 0.429. The molecule has 78 valence electrons. The van der Waals surface area contributed by atoms with Gasteiger partial charge in [-0.25, -0.2) is 0 Å². The van der Waals surface area contributed by atoms with Gasteiger partial charge in [0.1, 0.15) is 11.3 Å². The van der Waals surface area contributed by atoms with Crippen molar-refractivity contribution >= 4 is 11.0 Å². The van der Waals surface area contributed by atoms with Crippen LogP contribution in [0.2, 0.25) is 0 Å². The van der Waals surface area contributed by atoms with Crippen molar-refractivity contribution in [2.75, 3.05) is 0 Å². The Bertz CT molecular complexity index is 505. The first-order valence-electron chi connectivity index (χ1n) is 5.65. The molecule has 0 N–H and O–H groups in total. The van der Waals surface area contributed by atoms with Crippen LogP contribution in [-0.4, -0.2) is 0 Å². The van der Waals surface area contributed by atoms with Gasteiger partial charge in [0, 0.05) is 17.4 Å². The molecule has 0 spiro atoms. The molecule has 1 aliphatic carbocycles.